The molecule has 0 aromatic carbocycles. The van der Waals surface area contributed by atoms with E-state index < -0.39 is 97.5 Å². The highest BCUT2D eigenvalue weighted by molar-refractivity contribution is 7.47. The Hall–Kier alpha value is -1.94. The Labute approximate surface area is 645 Å². The van der Waals surface area contributed by atoms with E-state index in [1.165, 1.54) is 270 Å². The predicted molar refractivity (Wildman–Crippen MR) is 432 cm³/mol. The molecule has 2 unspecified atom stereocenters. The number of esters is 4. The summed E-state index contributed by atoms with van der Waals surface area (Å²) >= 11 is 0. The molecule has 0 aliphatic carbocycles. The molecule has 0 spiro atoms. The van der Waals surface area contributed by atoms with Crippen molar-refractivity contribution in [2.24, 2.45) is 11.8 Å². The zero-order valence-electron chi connectivity index (χ0n) is 69.0. The van der Waals surface area contributed by atoms with Crippen molar-refractivity contribution in [2.75, 3.05) is 39.6 Å². The molecule has 0 amide bonds. The third-order valence-corrected chi connectivity index (χ3v) is 22.1. The van der Waals surface area contributed by atoms with Gasteiger partial charge >= 0.3 is 39.5 Å². The van der Waals surface area contributed by atoms with Gasteiger partial charge in [-0.05, 0) is 37.5 Å². The Bertz CT molecular complexity index is 2010. The number of rotatable bonds is 85. The first-order valence-electron chi connectivity index (χ1n) is 44.5. The van der Waals surface area contributed by atoms with Crippen LogP contribution in [0.15, 0.2) is 0 Å². The lowest BCUT2D eigenvalue weighted by Crippen LogP contribution is -2.30. The van der Waals surface area contributed by atoms with Crippen LogP contribution in [0.2, 0.25) is 0 Å². The van der Waals surface area contributed by atoms with E-state index in [0.717, 1.165) is 102 Å². The van der Waals surface area contributed by atoms with Crippen molar-refractivity contribution in [2.45, 2.75) is 477 Å². The van der Waals surface area contributed by atoms with E-state index in [9.17, 15) is 43.2 Å². The summed E-state index contributed by atoms with van der Waals surface area (Å²) in [5, 5.41) is 10.7. The summed E-state index contributed by atoms with van der Waals surface area (Å²) in [6.07, 6.45) is 69.7. The van der Waals surface area contributed by atoms with E-state index in [-0.39, 0.29) is 25.7 Å². The maximum Gasteiger partial charge on any atom is 0.472 e. The quantitative estimate of drug-likeness (QED) is 0.0222. The summed E-state index contributed by atoms with van der Waals surface area (Å²) in [6.45, 7) is 9.62. The van der Waals surface area contributed by atoms with Crippen molar-refractivity contribution in [1.82, 2.24) is 0 Å². The number of carbonyl (C=O) groups excluding carboxylic acids is 4. The van der Waals surface area contributed by atoms with Crippen LogP contribution >= 0.6 is 15.6 Å². The van der Waals surface area contributed by atoms with Crippen LogP contribution in [0.25, 0.3) is 0 Å². The number of phosphoric ester groups is 2. The van der Waals surface area contributed by atoms with E-state index >= 15 is 0 Å². The molecule has 0 heterocycles. The third kappa shape index (κ3) is 79.9. The fraction of sp³-hybridized carbons (Fsp3) is 0.953. The Morgan fingerprint density at radius 1 is 0.257 bits per heavy atom. The van der Waals surface area contributed by atoms with E-state index in [1.54, 1.807) is 0 Å². The summed E-state index contributed by atoms with van der Waals surface area (Å²) in [6, 6.07) is 0. The van der Waals surface area contributed by atoms with Gasteiger partial charge in [0.25, 0.3) is 0 Å². The van der Waals surface area contributed by atoms with Gasteiger partial charge in [-0.2, -0.15) is 0 Å². The SMILES string of the molecule is CCCCCCCCCCCCCCCCCCCCCCCC(=O)OC[C@H](COP(=O)(O)OC[C@@H](O)COP(=O)(O)OC[C@@H](COC(=O)CCCCCCCCC(C)C)OC(=O)CCCCCCCCCCCCCCCC)OC(=O)CCCCCCCCCCCCCCCCCCCCC(C)C. The molecule has 0 aliphatic heterocycles. The summed E-state index contributed by atoms with van der Waals surface area (Å²) in [5.74, 6) is -0.605. The standard InChI is InChI=1S/C86H168O17P2/c1-7-9-11-13-15-17-19-21-23-24-25-26-27-31-34-38-41-45-49-56-62-68-83(88)96-74-81(102-85(90)71-65-59-51-47-43-39-35-32-29-28-30-33-36-40-44-48-54-60-66-78(3)4)76-100-104(92,93)98-72-80(87)73-99-105(94,95)101-77-82(75-97-84(89)69-63-57-53-52-55-61-67-79(5)6)103-86(91)70-64-58-50-46-42-37-22-20-18-16-14-12-10-8-2/h78-82,87H,7-77H2,1-6H3,(H,92,93)(H,94,95)/t80-,81-,82-/m1/s1. The van der Waals surface area contributed by atoms with E-state index in [1.807, 2.05) is 0 Å². The first kappa shape index (κ1) is 103. The number of carbonyl (C=O) groups is 4. The lowest BCUT2D eigenvalue weighted by atomic mass is 10.0. The number of aliphatic hydroxyl groups is 1. The summed E-state index contributed by atoms with van der Waals surface area (Å²) in [5.41, 5.74) is 0. The first-order valence-corrected chi connectivity index (χ1v) is 47.5. The highest BCUT2D eigenvalue weighted by Gasteiger charge is 2.30. The second kappa shape index (κ2) is 77.4. The zero-order chi connectivity index (χ0) is 77.1. The highest BCUT2D eigenvalue weighted by Crippen LogP contribution is 2.45. The molecule has 0 aliphatic rings. The Kier molecular flexibility index (Phi) is 76.0. The minimum absolute atomic E-state index is 0.107. The lowest BCUT2D eigenvalue weighted by molar-refractivity contribution is -0.161. The minimum Gasteiger partial charge on any atom is -0.462 e. The molecule has 0 fully saturated rings. The second-order valence-electron chi connectivity index (χ2n) is 31.9. The molecule has 624 valence electrons. The van der Waals surface area contributed by atoms with E-state index in [2.05, 4.69) is 41.5 Å². The van der Waals surface area contributed by atoms with Gasteiger partial charge in [-0.1, -0.05) is 408 Å². The molecule has 0 radical (unpaired) electrons. The normalized spacial score (nSPS) is 13.8. The molecule has 0 saturated carbocycles. The van der Waals surface area contributed by atoms with Gasteiger partial charge in [0.2, 0.25) is 0 Å². The molecule has 0 aromatic rings. The van der Waals surface area contributed by atoms with Crippen molar-refractivity contribution < 1.29 is 80.2 Å². The molecule has 5 atom stereocenters. The smallest absolute Gasteiger partial charge is 0.462 e. The number of ether oxygens (including phenoxy) is 4. The van der Waals surface area contributed by atoms with Crippen molar-refractivity contribution in [3.8, 4) is 0 Å². The van der Waals surface area contributed by atoms with Crippen LogP contribution in [0, 0.1) is 11.8 Å². The molecule has 0 rings (SSSR count). The van der Waals surface area contributed by atoms with Crippen molar-refractivity contribution in [1.29, 1.82) is 0 Å². The largest absolute Gasteiger partial charge is 0.472 e. The molecule has 105 heavy (non-hydrogen) atoms. The van der Waals surface area contributed by atoms with E-state index in [4.69, 9.17) is 37.0 Å². The van der Waals surface area contributed by atoms with Gasteiger partial charge in [0.05, 0.1) is 26.4 Å². The summed E-state index contributed by atoms with van der Waals surface area (Å²) in [7, 11) is -9.92. The monoisotopic (exact) mass is 1540 g/mol. The van der Waals surface area contributed by atoms with Crippen LogP contribution in [0.4, 0.5) is 0 Å². The molecule has 17 nitrogen and oxygen atoms in total. The second-order valence-corrected chi connectivity index (χ2v) is 34.8. The van der Waals surface area contributed by atoms with Crippen molar-refractivity contribution in [3.05, 3.63) is 0 Å². The van der Waals surface area contributed by atoms with Crippen molar-refractivity contribution in [3.63, 3.8) is 0 Å². The minimum atomic E-state index is -4.97. The number of hydrogen-bond donors (Lipinski definition) is 3. The maximum atomic E-state index is 13.1. The zero-order valence-corrected chi connectivity index (χ0v) is 70.8. The van der Waals surface area contributed by atoms with Crippen LogP contribution in [-0.4, -0.2) is 96.7 Å². The fourth-order valence-electron chi connectivity index (χ4n) is 13.4. The van der Waals surface area contributed by atoms with Crippen LogP contribution in [0.5, 0.6) is 0 Å². The topological polar surface area (TPSA) is 237 Å². The van der Waals surface area contributed by atoms with Crippen molar-refractivity contribution >= 4 is 39.5 Å². The molecule has 0 aromatic heterocycles. The van der Waals surface area contributed by atoms with Gasteiger partial charge in [-0.15, -0.1) is 0 Å². The number of unbranched alkanes of at least 4 members (excludes halogenated alkanes) is 55. The molecular formula is C86H168O17P2. The van der Waals surface area contributed by atoms with Gasteiger partial charge in [-0.25, -0.2) is 9.13 Å². The van der Waals surface area contributed by atoms with Gasteiger partial charge in [0.1, 0.15) is 19.3 Å². The molecule has 3 N–H and O–H groups in total. The highest BCUT2D eigenvalue weighted by atomic mass is 31.2. The number of phosphoric acid groups is 2. The van der Waals surface area contributed by atoms with Crippen LogP contribution in [0.3, 0.4) is 0 Å². The number of aliphatic hydroxyl groups excluding tert-OH is 1. The first-order chi connectivity index (χ1) is 50.9. The Morgan fingerprint density at radius 2 is 0.438 bits per heavy atom. The van der Waals surface area contributed by atoms with Crippen LogP contribution < -0.4 is 0 Å². The van der Waals surface area contributed by atoms with Gasteiger partial charge in [-0.3, -0.25) is 37.3 Å². The van der Waals surface area contributed by atoms with Crippen LogP contribution in [0.1, 0.15) is 459 Å². The van der Waals surface area contributed by atoms with Gasteiger partial charge in [0.15, 0.2) is 12.2 Å². The number of hydrogen-bond acceptors (Lipinski definition) is 15. The Balaban J connectivity index is 5.19. The maximum absolute atomic E-state index is 13.1. The average molecular weight is 1540 g/mol. The molecule has 0 bridgehead atoms. The molecular weight excluding hydrogens is 1370 g/mol. The summed E-state index contributed by atoms with van der Waals surface area (Å²) < 4.78 is 68.8. The van der Waals surface area contributed by atoms with Crippen LogP contribution in [-0.2, 0) is 65.4 Å². The predicted octanol–water partition coefficient (Wildman–Crippen LogP) is 26.2. The average Bonchev–Trinajstić information content (AvgIpc) is 0.906. The van der Waals surface area contributed by atoms with E-state index in [0.29, 0.717) is 31.6 Å². The lowest BCUT2D eigenvalue weighted by Gasteiger charge is -2.21. The molecule has 0 saturated heterocycles. The fourth-order valence-corrected chi connectivity index (χ4v) is 15.0. The van der Waals surface area contributed by atoms with Gasteiger partial charge in [0, 0.05) is 25.7 Å². The molecule has 19 heteroatoms. The Morgan fingerprint density at radius 3 is 0.648 bits per heavy atom. The summed E-state index contributed by atoms with van der Waals surface area (Å²) in [4.78, 5) is 73.1. The third-order valence-electron chi connectivity index (χ3n) is 20.2. The van der Waals surface area contributed by atoms with Gasteiger partial charge < -0.3 is 33.8 Å².